The maximum Gasteiger partial charge on any atom is 0.314 e. The summed E-state index contributed by atoms with van der Waals surface area (Å²) < 4.78 is 11.4. The Morgan fingerprint density at radius 3 is 2.75 bits per heavy atom. The molecule has 1 unspecified atom stereocenters. The van der Waals surface area contributed by atoms with E-state index >= 15 is 0 Å². The molecule has 1 heterocycles. The predicted molar refractivity (Wildman–Crippen MR) is 96.5 cm³/mol. The molecule has 1 fully saturated rings. The molecule has 0 saturated carbocycles. The normalized spacial score (nSPS) is 21.4. The van der Waals surface area contributed by atoms with Gasteiger partial charge in [0.05, 0.1) is 5.92 Å². The first-order valence-corrected chi connectivity index (χ1v) is 9.21. The zero-order valence-corrected chi connectivity index (χ0v) is 15.0. The lowest BCUT2D eigenvalue weighted by molar-refractivity contribution is -0.146. The Kier molecular flexibility index (Phi) is 7.51. The third kappa shape index (κ3) is 5.20. The third-order valence-electron chi connectivity index (χ3n) is 4.84. The van der Waals surface area contributed by atoms with Gasteiger partial charge in [-0.3, -0.25) is 4.79 Å². The van der Waals surface area contributed by atoms with Gasteiger partial charge in [0, 0.05) is 6.61 Å². The van der Waals surface area contributed by atoms with Gasteiger partial charge in [-0.1, -0.05) is 63.6 Å². The van der Waals surface area contributed by atoms with Crippen molar-refractivity contribution < 1.29 is 14.3 Å². The van der Waals surface area contributed by atoms with E-state index in [1.165, 1.54) is 5.56 Å². The van der Waals surface area contributed by atoms with Crippen molar-refractivity contribution in [1.82, 2.24) is 0 Å². The minimum atomic E-state index is -0.183. The van der Waals surface area contributed by atoms with Crippen LogP contribution in [0.25, 0.3) is 0 Å². The van der Waals surface area contributed by atoms with Gasteiger partial charge < -0.3 is 9.47 Å². The first-order chi connectivity index (χ1) is 11.7. The lowest BCUT2D eigenvalue weighted by atomic mass is 9.92. The molecule has 1 aliphatic heterocycles. The highest BCUT2D eigenvalue weighted by Crippen LogP contribution is 2.30. The Bertz CT molecular complexity index is 523. The summed E-state index contributed by atoms with van der Waals surface area (Å²) in [4.78, 5) is 12.4. The van der Waals surface area contributed by atoms with E-state index in [-0.39, 0.29) is 18.0 Å². The molecule has 0 amide bonds. The van der Waals surface area contributed by atoms with Crippen molar-refractivity contribution in [2.45, 2.75) is 58.5 Å². The second kappa shape index (κ2) is 9.63. The van der Waals surface area contributed by atoms with Crippen LogP contribution >= 0.6 is 0 Å². The van der Waals surface area contributed by atoms with Gasteiger partial charge >= 0.3 is 5.97 Å². The number of benzene rings is 1. The monoisotopic (exact) mass is 330 g/mol. The van der Waals surface area contributed by atoms with Gasteiger partial charge in [0.1, 0.15) is 11.9 Å². The zero-order valence-electron chi connectivity index (χ0n) is 15.0. The highest BCUT2D eigenvalue weighted by molar-refractivity contribution is 5.73. The summed E-state index contributed by atoms with van der Waals surface area (Å²) in [6.07, 6.45) is 5.56. The van der Waals surface area contributed by atoms with Crippen molar-refractivity contribution in [3.63, 3.8) is 0 Å². The van der Waals surface area contributed by atoms with Crippen LogP contribution in [0.2, 0.25) is 0 Å². The minimum Gasteiger partial charge on any atom is -0.429 e. The smallest absolute Gasteiger partial charge is 0.314 e. The molecule has 3 heteroatoms. The molecule has 1 aromatic carbocycles. The first kappa shape index (κ1) is 18.7. The lowest BCUT2D eigenvalue weighted by Gasteiger charge is -2.22. The topological polar surface area (TPSA) is 35.5 Å². The first-order valence-electron chi connectivity index (χ1n) is 9.21. The average molecular weight is 330 g/mol. The number of ether oxygens (including phenoxy) is 2. The molecule has 24 heavy (non-hydrogen) atoms. The van der Waals surface area contributed by atoms with E-state index in [1.807, 2.05) is 13.0 Å². The molecule has 1 aliphatic rings. The van der Waals surface area contributed by atoms with Crippen molar-refractivity contribution in [1.29, 1.82) is 0 Å². The second-order valence-corrected chi connectivity index (χ2v) is 6.66. The van der Waals surface area contributed by atoms with Crippen molar-refractivity contribution in [3.8, 4) is 0 Å². The maximum atomic E-state index is 12.4. The van der Waals surface area contributed by atoms with E-state index in [0.29, 0.717) is 18.3 Å². The van der Waals surface area contributed by atoms with Gasteiger partial charge in [-0.2, -0.15) is 0 Å². The van der Waals surface area contributed by atoms with E-state index in [0.717, 1.165) is 38.5 Å². The summed E-state index contributed by atoms with van der Waals surface area (Å²) >= 11 is 0. The Morgan fingerprint density at radius 1 is 1.33 bits per heavy atom. The van der Waals surface area contributed by atoms with Crippen molar-refractivity contribution in [2.75, 3.05) is 6.61 Å². The Labute approximate surface area is 146 Å². The largest absolute Gasteiger partial charge is 0.429 e. The van der Waals surface area contributed by atoms with Crippen LogP contribution in [-0.2, 0) is 20.7 Å². The molecule has 0 spiro atoms. The van der Waals surface area contributed by atoms with Crippen LogP contribution in [0, 0.1) is 11.8 Å². The number of carbonyl (C=O) groups is 1. The van der Waals surface area contributed by atoms with E-state index in [4.69, 9.17) is 9.47 Å². The molecule has 0 radical (unpaired) electrons. The van der Waals surface area contributed by atoms with Crippen molar-refractivity contribution in [3.05, 3.63) is 48.2 Å². The van der Waals surface area contributed by atoms with Crippen LogP contribution < -0.4 is 0 Å². The molecular formula is C21H30O3. The van der Waals surface area contributed by atoms with Gasteiger partial charge in [0.2, 0.25) is 0 Å². The summed E-state index contributed by atoms with van der Waals surface area (Å²) in [6, 6.07) is 10.4. The van der Waals surface area contributed by atoms with Crippen LogP contribution in [0.3, 0.4) is 0 Å². The van der Waals surface area contributed by atoms with Crippen LogP contribution in [0.4, 0.5) is 0 Å². The molecule has 0 N–H and O–H groups in total. The quantitative estimate of drug-likeness (QED) is 0.477. The highest BCUT2D eigenvalue weighted by Gasteiger charge is 2.33. The lowest BCUT2D eigenvalue weighted by Crippen LogP contribution is -2.26. The molecule has 2 rings (SSSR count). The molecule has 132 valence electrons. The summed E-state index contributed by atoms with van der Waals surface area (Å²) in [6.45, 7) is 8.87. The van der Waals surface area contributed by atoms with Gasteiger partial charge in [-0.15, -0.1) is 0 Å². The number of hydrogen-bond acceptors (Lipinski definition) is 3. The molecule has 3 atom stereocenters. The van der Waals surface area contributed by atoms with Gasteiger partial charge in [0.15, 0.2) is 0 Å². The number of hydrogen-bond donors (Lipinski definition) is 0. The van der Waals surface area contributed by atoms with Crippen LogP contribution in [0.1, 0.15) is 51.5 Å². The summed E-state index contributed by atoms with van der Waals surface area (Å²) in [5.74, 6) is 0.623. The number of esters is 1. The molecule has 3 nitrogen and oxygen atoms in total. The Hall–Kier alpha value is -1.61. The molecule has 1 aromatic rings. The van der Waals surface area contributed by atoms with Gasteiger partial charge in [-0.25, -0.2) is 0 Å². The van der Waals surface area contributed by atoms with E-state index < -0.39 is 0 Å². The Morgan fingerprint density at radius 2 is 2.08 bits per heavy atom. The molecule has 0 aromatic heterocycles. The molecule has 0 bridgehead atoms. The van der Waals surface area contributed by atoms with Gasteiger partial charge in [0.25, 0.3) is 0 Å². The van der Waals surface area contributed by atoms with Crippen LogP contribution in [0.15, 0.2) is 42.7 Å². The molecule has 0 aliphatic carbocycles. The maximum absolute atomic E-state index is 12.4. The molecule has 1 saturated heterocycles. The van der Waals surface area contributed by atoms with E-state index in [2.05, 4.69) is 37.8 Å². The average Bonchev–Trinajstić information content (AvgIpc) is 3.04. The van der Waals surface area contributed by atoms with Crippen LogP contribution in [-0.4, -0.2) is 18.7 Å². The standard InChI is InChI=1S/C21H30O3/c1-4-6-12-18(5-2)21(22)24-16(3)20-19(13-14-23-20)15-17-10-8-7-9-11-17/h7-11,18-20H,3-6,12-15H2,1-2H3/t18?,19-,20-/m1/s1. The molecular weight excluding hydrogens is 300 g/mol. The second-order valence-electron chi connectivity index (χ2n) is 6.66. The highest BCUT2D eigenvalue weighted by atomic mass is 16.6. The predicted octanol–water partition coefficient (Wildman–Crippen LogP) is 4.91. The fourth-order valence-electron chi connectivity index (χ4n) is 3.33. The summed E-state index contributed by atoms with van der Waals surface area (Å²) in [5.41, 5.74) is 1.28. The summed E-state index contributed by atoms with van der Waals surface area (Å²) in [7, 11) is 0. The van der Waals surface area contributed by atoms with Crippen molar-refractivity contribution >= 4 is 5.97 Å². The fraction of sp³-hybridized carbons (Fsp3) is 0.571. The number of unbranched alkanes of at least 4 members (excludes halogenated alkanes) is 1. The van der Waals surface area contributed by atoms with Crippen LogP contribution in [0.5, 0.6) is 0 Å². The van der Waals surface area contributed by atoms with Crippen molar-refractivity contribution in [2.24, 2.45) is 11.8 Å². The van der Waals surface area contributed by atoms with Gasteiger partial charge in [-0.05, 0) is 37.2 Å². The summed E-state index contributed by atoms with van der Waals surface area (Å²) in [5, 5.41) is 0. The third-order valence-corrected chi connectivity index (χ3v) is 4.84. The van der Waals surface area contributed by atoms with E-state index in [1.54, 1.807) is 0 Å². The number of carbonyl (C=O) groups excluding carboxylic acids is 1. The minimum absolute atomic E-state index is 0.0318. The zero-order chi connectivity index (χ0) is 17.4. The Balaban J connectivity index is 1.91. The van der Waals surface area contributed by atoms with E-state index in [9.17, 15) is 4.79 Å². The fourth-order valence-corrected chi connectivity index (χ4v) is 3.33. The number of rotatable bonds is 9. The SMILES string of the molecule is C=C(OC(=O)C(CC)CCCC)[C@H]1OCC[C@@H]1Cc1ccccc1.